The Labute approximate surface area is 103 Å². The van der Waals surface area contributed by atoms with E-state index in [0.717, 1.165) is 24.1 Å². The molecule has 0 aliphatic carbocycles. The van der Waals surface area contributed by atoms with Crippen molar-refractivity contribution in [2.45, 2.75) is 26.7 Å². The van der Waals surface area contributed by atoms with Gasteiger partial charge in [0.05, 0.1) is 5.69 Å². The minimum absolute atomic E-state index is 0.0690. The van der Waals surface area contributed by atoms with Gasteiger partial charge in [0.1, 0.15) is 0 Å². The van der Waals surface area contributed by atoms with E-state index in [0.29, 0.717) is 0 Å². The average molecular weight is 229 g/mol. The lowest BCUT2D eigenvalue weighted by Crippen LogP contribution is -2.33. The van der Waals surface area contributed by atoms with Gasteiger partial charge in [-0.05, 0) is 24.5 Å². The first-order valence-corrected chi connectivity index (χ1v) is 6.19. The zero-order chi connectivity index (χ0) is 12.4. The molecule has 1 heterocycles. The maximum absolute atomic E-state index is 12.2. The van der Waals surface area contributed by atoms with Crippen LogP contribution in [0.3, 0.4) is 0 Å². The molecule has 0 fully saturated rings. The van der Waals surface area contributed by atoms with Crippen molar-refractivity contribution in [1.82, 2.24) is 0 Å². The van der Waals surface area contributed by atoms with Crippen LogP contribution in [0, 0.1) is 5.92 Å². The number of hydrogen-bond acceptors (Lipinski definition) is 1. The number of nitrogens with zero attached hydrogens (tertiary/aromatic N) is 1. The second kappa shape index (κ2) is 4.74. The lowest BCUT2D eigenvalue weighted by atomic mass is 9.93. The van der Waals surface area contributed by atoms with Gasteiger partial charge in [-0.3, -0.25) is 4.79 Å². The normalized spacial score (nSPS) is 23.5. The highest BCUT2D eigenvalue weighted by Gasteiger charge is 2.23. The number of hydrogen-bond donors (Lipinski definition) is 0. The number of fused-ring (bicyclic) bond motifs is 1. The van der Waals surface area contributed by atoms with Crippen LogP contribution < -0.4 is 4.90 Å². The number of carbonyl (C=O) groups is 1. The Morgan fingerprint density at radius 1 is 1.35 bits per heavy atom. The first-order chi connectivity index (χ1) is 8.13. The summed E-state index contributed by atoms with van der Waals surface area (Å²) in [5.41, 5.74) is 3.51. The molecule has 0 saturated carbocycles. The second-order valence-electron chi connectivity index (χ2n) is 4.72. The van der Waals surface area contributed by atoms with E-state index in [4.69, 9.17) is 0 Å². The summed E-state index contributed by atoms with van der Waals surface area (Å²) in [6.07, 6.45) is 4.11. The lowest BCUT2D eigenvalue weighted by molar-refractivity contribution is -0.121. The molecule has 2 rings (SSSR count). The zero-order valence-corrected chi connectivity index (χ0v) is 10.7. The minimum atomic E-state index is 0.0690. The summed E-state index contributed by atoms with van der Waals surface area (Å²) >= 11 is 0. The number of rotatable bonds is 1. The second-order valence-corrected chi connectivity index (χ2v) is 4.72. The number of para-hydroxylation sites is 1. The number of amides is 1. The molecule has 90 valence electrons. The maximum atomic E-state index is 12.2. The molecule has 1 aliphatic heterocycles. The van der Waals surface area contributed by atoms with E-state index in [9.17, 15) is 4.79 Å². The zero-order valence-electron chi connectivity index (χ0n) is 10.7. The first kappa shape index (κ1) is 11.9. The predicted molar refractivity (Wildman–Crippen MR) is 71.9 cm³/mol. The first-order valence-electron chi connectivity index (χ1n) is 6.19. The summed E-state index contributed by atoms with van der Waals surface area (Å²) in [4.78, 5) is 14.0. The number of carbonyl (C=O) groups excluding carboxylic acids is 1. The third-order valence-electron chi connectivity index (χ3n) is 3.43. The number of anilines is 1. The average Bonchev–Trinajstić information content (AvgIpc) is 2.35. The summed E-state index contributed by atoms with van der Waals surface area (Å²) in [5, 5.41) is 0. The smallest absolute Gasteiger partial charge is 0.229 e. The molecule has 0 radical (unpaired) electrons. The SMILES string of the molecule is CC/C1=C/c2ccccc2N(C)C(=O)[C@@H](C)C1. The van der Waals surface area contributed by atoms with Gasteiger partial charge in [-0.15, -0.1) is 0 Å². The Kier molecular flexibility index (Phi) is 3.32. The highest BCUT2D eigenvalue weighted by atomic mass is 16.2. The third kappa shape index (κ3) is 2.26. The predicted octanol–water partition coefficient (Wildman–Crippen LogP) is 3.48. The summed E-state index contributed by atoms with van der Waals surface area (Å²) in [5.74, 6) is 0.274. The quantitative estimate of drug-likeness (QED) is 0.722. The van der Waals surface area contributed by atoms with Crippen LogP contribution in [0.1, 0.15) is 32.3 Å². The van der Waals surface area contributed by atoms with E-state index in [1.807, 2.05) is 32.2 Å². The van der Waals surface area contributed by atoms with Crippen molar-refractivity contribution in [3.8, 4) is 0 Å². The highest BCUT2D eigenvalue weighted by molar-refractivity contribution is 5.97. The van der Waals surface area contributed by atoms with Crippen LogP contribution in [0.4, 0.5) is 5.69 Å². The third-order valence-corrected chi connectivity index (χ3v) is 3.43. The standard InChI is InChI=1S/C15H19NO/c1-4-12-9-11(2)15(17)16(3)14-8-6-5-7-13(14)10-12/h5-8,10-11H,4,9H2,1-3H3/b12-10-/t11-/m0/s1. The molecule has 1 aliphatic rings. The molecule has 0 N–H and O–H groups in total. The van der Waals surface area contributed by atoms with Crippen molar-refractivity contribution in [1.29, 1.82) is 0 Å². The maximum Gasteiger partial charge on any atom is 0.229 e. The molecule has 17 heavy (non-hydrogen) atoms. The van der Waals surface area contributed by atoms with Crippen LogP contribution in [0.2, 0.25) is 0 Å². The van der Waals surface area contributed by atoms with Gasteiger partial charge in [0, 0.05) is 13.0 Å². The van der Waals surface area contributed by atoms with Crippen molar-refractivity contribution < 1.29 is 4.79 Å². The summed E-state index contributed by atoms with van der Waals surface area (Å²) in [6.45, 7) is 4.16. The van der Waals surface area contributed by atoms with Gasteiger partial charge in [-0.1, -0.05) is 43.7 Å². The van der Waals surface area contributed by atoms with Crippen LogP contribution in [-0.4, -0.2) is 13.0 Å². The molecule has 0 spiro atoms. The van der Waals surface area contributed by atoms with Gasteiger partial charge < -0.3 is 4.90 Å². The molecule has 1 amide bonds. The molecule has 1 atom stereocenters. The molecule has 0 aromatic heterocycles. The van der Waals surface area contributed by atoms with E-state index in [1.54, 1.807) is 4.90 Å². The van der Waals surface area contributed by atoms with Gasteiger partial charge >= 0.3 is 0 Å². The van der Waals surface area contributed by atoms with Gasteiger partial charge in [0.2, 0.25) is 5.91 Å². The largest absolute Gasteiger partial charge is 0.315 e. The Morgan fingerprint density at radius 2 is 2.06 bits per heavy atom. The van der Waals surface area contributed by atoms with Crippen molar-refractivity contribution in [3.05, 3.63) is 35.4 Å². The van der Waals surface area contributed by atoms with Crippen LogP contribution in [0.5, 0.6) is 0 Å². The van der Waals surface area contributed by atoms with Gasteiger partial charge in [0.25, 0.3) is 0 Å². The summed E-state index contributed by atoms with van der Waals surface area (Å²) in [6, 6.07) is 8.08. The highest BCUT2D eigenvalue weighted by Crippen LogP contribution is 2.29. The number of allylic oxidation sites excluding steroid dienone is 1. The Hall–Kier alpha value is -1.57. The number of benzene rings is 1. The molecule has 2 heteroatoms. The molecule has 1 aromatic rings. The molecular weight excluding hydrogens is 210 g/mol. The minimum Gasteiger partial charge on any atom is -0.315 e. The summed E-state index contributed by atoms with van der Waals surface area (Å²) in [7, 11) is 1.86. The fraction of sp³-hybridized carbons (Fsp3) is 0.400. The van der Waals surface area contributed by atoms with Crippen LogP contribution in [0.15, 0.2) is 29.8 Å². The monoisotopic (exact) mass is 229 g/mol. The fourth-order valence-corrected chi connectivity index (χ4v) is 2.37. The Morgan fingerprint density at radius 3 is 2.76 bits per heavy atom. The van der Waals surface area contributed by atoms with Crippen molar-refractivity contribution in [2.75, 3.05) is 11.9 Å². The van der Waals surface area contributed by atoms with Crippen molar-refractivity contribution >= 4 is 17.7 Å². The summed E-state index contributed by atoms with van der Waals surface area (Å²) < 4.78 is 0. The van der Waals surface area contributed by atoms with E-state index >= 15 is 0 Å². The molecular formula is C15H19NO. The van der Waals surface area contributed by atoms with E-state index in [1.165, 1.54) is 5.57 Å². The van der Waals surface area contributed by atoms with Gasteiger partial charge in [-0.25, -0.2) is 0 Å². The van der Waals surface area contributed by atoms with Crippen LogP contribution in [0.25, 0.3) is 6.08 Å². The van der Waals surface area contributed by atoms with Crippen molar-refractivity contribution in [3.63, 3.8) is 0 Å². The molecule has 0 saturated heterocycles. The van der Waals surface area contributed by atoms with Crippen LogP contribution in [-0.2, 0) is 4.79 Å². The van der Waals surface area contributed by atoms with E-state index < -0.39 is 0 Å². The van der Waals surface area contributed by atoms with E-state index in [-0.39, 0.29) is 11.8 Å². The lowest BCUT2D eigenvalue weighted by Gasteiger charge is -2.26. The van der Waals surface area contributed by atoms with Crippen molar-refractivity contribution in [2.24, 2.45) is 5.92 Å². The van der Waals surface area contributed by atoms with E-state index in [2.05, 4.69) is 19.1 Å². The van der Waals surface area contributed by atoms with Crippen LogP contribution >= 0.6 is 0 Å². The molecule has 1 aromatic carbocycles. The molecule has 0 bridgehead atoms. The molecule has 2 nitrogen and oxygen atoms in total. The Bertz CT molecular complexity index is 462. The fourth-order valence-electron chi connectivity index (χ4n) is 2.37. The van der Waals surface area contributed by atoms with Gasteiger partial charge in [-0.2, -0.15) is 0 Å². The van der Waals surface area contributed by atoms with Gasteiger partial charge in [0.15, 0.2) is 0 Å². The Balaban J connectivity index is 2.54. The topological polar surface area (TPSA) is 20.3 Å². The molecule has 0 unspecified atom stereocenters.